The van der Waals surface area contributed by atoms with E-state index in [0.29, 0.717) is 35.4 Å². The fourth-order valence-corrected chi connectivity index (χ4v) is 3.53. The summed E-state index contributed by atoms with van der Waals surface area (Å²) >= 11 is 6.32. The van der Waals surface area contributed by atoms with Gasteiger partial charge in [-0.05, 0) is 48.6 Å². The Morgan fingerprint density at radius 2 is 1.84 bits per heavy atom. The minimum absolute atomic E-state index is 0.107. The van der Waals surface area contributed by atoms with Crippen molar-refractivity contribution in [3.05, 3.63) is 58.6 Å². The monoisotopic (exact) mass is 444 g/mol. The van der Waals surface area contributed by atoms with E-state index >= 15 is 0 Å². The van der Waals surface area contributed by atoms with Crippen LogP contribution >= 0.6 is 11.6 Å². The lowest BCUT2D eigenvalue weighted by Crippen LogP contribution is -2.48. The molecule has 0 saturated heterocycles. The Hall–Kier alpha value is -2.73. The summed E-state index contributed by atoms with van der Waals surface area (Å²) < 4.78 is 10.8. The molecule has 1 heterocycles. The van der Waals surface area contributed by atoms with Crippen LogP contribution in [0.15, 0.2) is 42.5 Å². The molecule has 6 nitrogen and oxygen atoms in total. The molecular formula is C24H29ClN2O4. The first-order valence-corrected chi connectivity index (χ1v) is 10.9. The smallest absolute Gasteiger partial charge is 0.242 e. The number of halogens is 1. The topological polar surface area (TPSA) is 67.9 Å². The van der Waals surface area contributed by atoms with Gasteiger partial charge in [-0.2, -0.15) is 0 Å². The van der Waals surface area contributed by atoms with Gasteiger partial charge in [-0.3, -0.25) is 9.59 Å². The molecule has 166 valence electrons. The molecule has 2 aromatic rings. The lowest BCUT2D eigenvalue weighted by molar-refractivity contribution is -0.140. The molecule has 1 atom stereocenters. The first-order valence-electron chi connectivity index (χ1n) is 10.5. The predicted octanol–water partition coefficient (Wildman–Crippen LogP) is 4.19. The van der Waals surface area contributed by atoms with Crippen LogP contribution in [0.3, 0.4) is 0 Å². The van der Waals surface area contributed by atoms with Crippen LogP contribution in [0.1, 0.15) is 38.3 Å². The van der Waals surface area contributed by atoms with Gasteiger partial charge in [-0.15, -0.1) is 0 Å². The fourth-order valence-electron chi connectivity index (χ4n) is 3.34. The van der Waals surface area contributed by atoms with Crippen molar-refractivity contribution in [3.63, 3.8) is 0 Å². The summed E-state index contributed by atoms with van der Waals surface area (Å²) in [5.74, 6) is 1.46. The van der Waals surface area contributed by atoms with E-state index in [1.807, 2.05) is 50.2 Å². The number of carbonyl (C=O) groups is 2. The molecule has 1 N–H and O–H groups in total. The molecule has 1 aliphatic heterocycles. The molecule has 0 spiro atoms. The maximum Gasteiger partial charge on any atom is 0.242 e. The summed E-state index contributed by atoms with van der Waals surface area (Å²) in [6, 6.07) is 12.4. The number of benzene rings is 2. The first kappa shape index (κ1) is 22.9. The van der Waals surface area contributed by atoms with E-state index in [0.717, 1.165) is 11.1 Å². The third-order valence-corrected chi connectivity index (χ3v) is 5.58. The number of nitrogens with zero attached hydrogens (tertiary/aromatic N) is 1. The summed E-state index contributed by atoms with van der Waals surface area (Å²) in [6.07, 6.45) is 0.806. The summed E-state index contributed by atoms with van der Waals surface area (Å²) in [5, 5.41) is 3.50. The molecule has 1 aliphatic rings. The number of amides is 2. The summed E-state index contributed by atoms with van der Waals surface area (Å²) in [6.45, 7) is 6.87. The van der Waals surface area contributed by atoms with Gasteiger partial charge in [0.15, 0.2) is 11.5 Å². The molecule has 0 radical (unpaired) electrons. The van der Waals surface area contributed by atoms with Crippen LogP contribution in [0.5, 0.6) is 11.5 Å². The zero-order valence-corrected chi connectivity index (χ0v) is 18.9. The summed E-state index contributed by atoms with van der Waals surface area (Å²) in [5.41, 5.74) is 1.79. The van der Waals surface area contributed by atoms with Crippen LogP contribution < -0.4 is 14.8 Å². The molecule has 0 fully saturated rings. The van der Waals surface area contributed by atoms with E-state index in [2.05, 4.69) is 5.32 Å². The van der Waals surface area contributed by atoms with Crippen molar-refractivity contribution < 1.29 is 19.1 Å². The van der Waals surface area contributed by atoms with Crippen molar-refractivity contribution in [1.82, 2.24) is 10.2 Å². The Morgan fingerprint density at radius 3 is 2.58 bits per heavy atom. The van der Waals surface area contributed by atoms with E-state index in [-0.39, 0.29) is 31.6 Å². The highest BCUT2D eigenvalue weighted by Crippen LogP contribution is 2.32. The Bertz CT molecular complexity index is 932. The largest absolute Gasteiger partial charge is 0.454 e. The van der Waals surface area contributed by atoms with Crippen molar-refractivity contribution >= 4 is 23.4 Å². The maximum atomic E-state index is 13.2. The zero-order chi connectivity index (χ0) is 22.4. The third-order valence-electron chi connectivity index (χ3n) is 5.21. The quantitative estimate of drug-likeness (QED) is 0.629. The number of nitrogens with one attached hydrogen (secondary N) is 1. The minimum Gasteiger partial charge on any atom is -0.454 e. The van der Waals surface area contributed by atoms with E-state index in [1.54, 1.807) is 17.9 Å². The number of hydrogen-bond donors (Lipinski definition) is 1. The van der Waals surface area contributed by atoms with E-state index in [4.69, 9.17) is 21.1 Å². The van der Waals surface area contributed by atoms with Crippen LogP contribution in [0.2, 0.25) is 5.02 Å². The lowest BCUT2D eigenvalue weighted by Gasteiger charge is -2.29. The van der Waals surface area contributed by atoms with Crippen LogP contribution in [0, 0.1) is 5.92 Å². The molecule has 0 bridgehead atoms. The molecule has 7 heteroatoms. The molecule has 1 unspecified atom stereocenters. The van der Waals surface area contributed by atoms with Crippen molar-refractivity contribution in [2.24, 2.45) is 5.92 Å². The normalized spacial score (nSPS) is 13.2. The van der Waals surface area contributed by atoms with E-state index in [9.17, 15) is 9.59 Å². The van der Waals surface area contributed by atoms with Gasteiger partial charge in [0.1, 0.15) is 6.04 Å². The highest BCUT2D eigenvalue weighted by atomic mass is 35.5. The van der Waals surface area contributed by atoms with Gasteiger partial charge in [-0.25, -0.2) is 0 Å². The van der Waals surface area contributed by atoms with E-state index in [1.165, 1.54) is 0 Å². The molecule has 0 aliphatic carbocycles. The van der Waals surface area contributed by atoms with Crippen molar-refractivity contribution in [1.29, 1.82) is 0 Å². The summed E-state index contributed by atoms with van der Waals surface area (Å²) in [7, 11) is 0. The predicted molar refractivity (Wildman–Crippen MR) is 120 cm³/mol. The van der Waals surface area contributed by atoms with Gasteiger partial charge in [-0.1, -0.05) is 49.7 Å². The molecule has 0 saturated carbocycles. The van der Waals surface area contributed by atoms with Gasteiger partial charge in [0.25, 0.3) is 0 Å². The molecule has 3 rings (SSSR count). The lowest BCUT2D eigenvalue weighted by atomic mass is 10.1. The van der Waals surface area contributed by atoms with Crippen LogP contribution in [-0.2, 0) is 22.6 Å². The molecular weight excluding hydrogens is 416 g/mol. The minimum atomic E-state index is -0.612. The first-order chi connectivity index (χ1) is 14.8. The number of hydrogen-bond acceptors (Lipinski definition) is 4. The Kier molecular flexibility index (Phi) is 7.80. The average molecular weight is 445 g/mol. The second-order valence-electron chi connectivity index (χ2n) is 8.12. The summed E-state index contributed by atoms with van der Waals surface area (Å²) in [4.78, 5) is 27.5. The highest BCUT2D eigenvalue weighted by Gasteiger charge is 2.26. The zero-order valence-electron chi connectivity index (χ0n) is 18.2. The van der Waals surface area contributed by atoms with Gasteiger partial charge in [0.05, 0.1) is 0 Å². The number of carbonyl (C=O) groups excluding carboxylic acids is 2. The van der Waals surface area contributed by atoms with Crippen molar-refractivity contribution in [2.75, 3.05) is 13.3 Å². The molecule has 2 aromatic carbocycles. The second kappa shape index (κ2) is 10.5. The van der Waals surface area contributed by atoms with Crippen LogP contribution in [0.25, 0.3) is 0 Å². The number of aryl methyl sites for hydroxylation is 1. The number of rotatable bonds is 9. The Labute approximate surface area is 188 Å². The van der Waals surface area contributed by atoms with Gasteiger partial charge >= 0.3 is 0 Å². The number of ether oxygens (including phenoxy) is 2. The molecule has 2 amide bonds. The van der Waals surface area contributed by atoms with Gasteiger partial charge in [0.2, 0.25) is 18.6 Å². The van der Waals surface area contributed by atoms with Crippen molar-refractivity contribution in [2.45, 2.75) is 46.2 Å². The molecule has 31 heavy (non-hydrogen) atoms. The van der Waals surface area contributed by atoms with E-state index < -0.39 is 6.04 Å². The highest BCUT2D eigenvalue weighted by molar-refractivity contribution is 6.31. The van der Waals surface area contributed by atoms with Crippen LogP contribution in [0.4, 0.5) is 0 Å². The number of fused-ring (bicyclic) bond motifs is 1. The molecule has 0 aromatic heterocycles. The van der Waals surface area contributed by atoms with Crippen molar-refractivity contribution in [3.8, 4) is 11.5 Å². The third kappa shape index (κ3) is 6.14. The SMILES string of the molecule is CC(C)CNC(=O)C(C)N(Cc1ccccc1Cl)C(=O)CCc1ccc2c(c1)OCO2. The Morgan fingerprint density at radius 1 is 1.10 bits per heavy atom. The van der Waals surface area contributed by atoms with Gasteiger partial charge < -0.3 is 19.7 Å². The fraction of sp³-hybridized carbons (Fsp3) is 0.417. The Balaban J connectivity index is 1.71. The maximum absolute atomic E-state index is 13.2. The van der Waals surface area contributed by atoms with Gasteiger partial charge in [0, 0.05) is 24.5 Å². The van der Waals surface area contributed by atoms with Crippen LogP contribution in [-0.4, -0.2) is 36.1 Å². The standard InChI is InChI=1S/C24H29ClN2O4/c1-16(2)13-26-24(29)17(3)27(14-19-6-4-5-7-20(19)25)23(28)11-9-18-8-10-21-22(12-18)31-15-30-21/h4-8,10,12,16-17H,9,11,13-15H2,1-3H3,(H,26,29). The average Bonchev–Trinajstić information content (AvgIpc) is 3.22. The second-order valence-corrected chi connectivity index (χ2v) is 8.52.